The third-order valence-corrected chi connectivity index (χ3v) is 6.36. The van der Waals surface area contributed by atoms with Gasteiger partial charge in [-0.05, 0) is 67.6 Å². The molecule has 1 aliphatic rings. The lowest BCUT2D eigenvalue weighted by Crippen LogP contribution is -2.29. The molecule has 1 aliphatic heterocycles. The number of ketones is 1. The molecule has 4 rings (SSSR count). The number of anilines is 1. The highest BCUT2D eigenvalue weighted by Gasteiger charge is 2.48. The van der Waals surface area contributed by atoms with Crippen LogP contribution in [-0.4, -0.2) is 42.3 Å². The molecule has 206 valence electrons. The number of ether oxygens (including phenoxy) is 3. The highest BCUT2D eigenvalue weighted by Crippen LogP contribution is 2.44. The van der Waals surface area contributed by atoms with Gasteiger partial charge in [-0.1, -0.05) is 32.0 Å². The lowest BCUT2D eigenvalue weighted by molar-refractivity contribution is -0.132. The first-order valence-electron chi connectivity index (χ1n) is 13.0. The monoisotopic (exact) mass is 534 g/mol. The number of benzene rings is 2. The van der Waals surface area contributed by atoms with E-state index < -0.39 is 17.7 Å². The zero-order valence-corrected chi connectivity index (χ0v) is 22.9. The summed E-state index contributed by atoms with van der Waals surface area (Å²) in [6.45, 7) is 9.01. The summed E-state index contributed by atoms with van der Waals surface area (Å²) in [5, 5.41) is 15.3. The van der Waals surface area contributed by atoms with Gasteiger partial charge < -0.3 is 23.8 Å². The Bertz CT molecular complexity index is 1360. The number of methoxy groups -OCH3 is 1. The number of aryl methyl sites for hydroxylation is 1. The number of hydrogen-bond acceptors (Lipinski definition) is 8. The highest BCUT2D eigenvalue weighted by molar-refractivity contribution is 6.51. The zero-order chi connectivity index (χ0) is 28.1. The largest absolute Gasteiger partial charge is 0.507 e. The maximum absolute atomic E-state index is 13.4. The van der Waals surface area contributed by atoms with E-state index >= 15 is 0 Å². The minimum absolute atomic E-state index is 0.0709. The van der Waals surface area contributed by atoms with Gasteiger partial charge in [0.05, 0.1) is 31.9 Å². The molecule has 1 amide bonds. The molecular weight excluding hydrogens is 500 g/mol. The first-order chi connectivity index (χ1) is 18.7. The molecule has 39 heavy (non-hydrogen) atoms. The average Bonchev–Trinajstić information content (AvgIpc) is 3.47. The molecule has 9 heteroatoms. The molecule has 0 saturated carbocycles. The van der Waals surface area contributed by atoms with Crippen LogP contribution in [0.25, 0.3) is 5.76 Å². The summed E-state index contributed by atoms with van der Waals surface area (Å²) < 4.78 is 22.3. The Kier molecular flexibility index (Phi) is 8.59. The van der Waals surface area contributed by atoms with E-state index in [1.807, 2.05) is 6.92 Å². The molecule has 9 nitrogen and oxygen atoms in total. The summed E-state index contributed by atoms with van der Waals surface area (Å²) in [5.74, 6) is 0.774. The molecule has 0 bridgehead atoms. The van der Waals surface area contributed by atoms with Gasteiger partial charge in [0.1, 0.15) is 17.3 Å². The van der Waals surface area contributed by atoms with Crippen molar-refractivity contribution in [3.8, 4) is 17.2 Å². The SMILES string of the molecule is CCCOc1ccc(C(O)=C2C(=O)C(=O)N(c3cc(C)on3)[C@H]2c2ccc(OCCC(C)C)c(OC)c2)cc1. The summed E-state index contributed by atoms with van der Waals surface area (Å²) in [4.78, 5) is 27.9. The number of aliphatic hydroxyl groups excluding tert-OH is 1. The van der Waals surface area contributed by atoms with Crippen molar-refractivity contribution in [2.75, 3.05) is 25.2 Å². The fraction of sp³-hybridized carbons (Fsp3) is 0.367. The van der Waals surface area contributed by atoms with Crippen molar-refractivity contribution in [1.29, 1.82) is 0 Å². The molecule has 1 aromatic heterocycles. The second kappa shape index (κ2) is 12.1. The molecule has 2 heterocycles. The van der Waals surface area contributed by atoms with Crippen molar-refractivity contribution in [3.63, 3.8) is 0 Å². The third-order valence-electron chi connectivity index (χ3n) is 6.36. The van der Waals surface area contributed by atoms with E-state index in [-0.39, 0.29) is 17.2 Å². The van der Waals surface area contributed by atoms with E-state index in [2.05, 4.69) is 19.0 Å². The Morgan fingerprint density at radius 3 is 2.41 bits per heavy atom. The number of hydrogen-bond donors (Lipinski definition) is 1. The van der Waals surface area contributed by atoms with Crippen LogP contribution in [0.2, 0.25) is 0 Å². The Labute approximate surface area is 228 Å². The van der Waals surface area contributed by atoms with Crippen LogP contribution in [0.5, 0.6) is 17.2 Å². The molecule has 0 spiro atoms. The van der Waals surface area contributed by atoms with Gasteiger partial charge in [0, 0.05) is 11.6 Å². The van der Waals surface area contributed by atoms with E-state index in [1.165, 1.54) is 12.0 Å². The normalized spacial score (nSPS) is 16.7. The lowest BCUT2D eigenvalue weighted by Gasteiger charge is -2.24. The number of nitrogens with zero attached hydrogens (tertiary/aromatic N) is 2. The van der Waals surface area contributed by atoms with Crippen LogP contribution in [0, 0.1) is 12.8 Å². The molecule has 0 unspecified atom stereocenters. The average molecular weight is 535 g/mol. The van der Waals surface area contributed by atoms with E-state index in [1.54, 1.807) is 55.5 Å². The zero-order valence-electron chi connectivity index (χ0n) is 22.9. The Morgan fingerprint density at radius 2 is 1.79 bits per heavy atom. The fourth-order valence-electron chi connectivity index (χ4n) is 4.31. The van der Waals surface area contributed by atoms with Gasteiger partial charge in [-0.15, -0.1) is 0 Å². The summed E-state index contributed by atoms with van der Waals surface area (Å²) in [6, 6.07) is 12.5. The molecule has 0 aliphatic carbocycles. The molecular formula is C30H34N2O7. The first kappa shape index (κ1) is 27.8. The number of aromatic nitrogens is 1. The second-order valence-corrected chi connectivity index (χ2v) is 9.78. The number of rotatable bonds is 11. The van der Waals surface area contributed by atoms with E-state index in [0.717, 1.165) is 12.8 Å². The summed E-state index contributed by atoms with van der Waals surface area (Å²) in [6.07, 6.45) is 1.73. The van der Waals surface area contributed by atoms with Crippen LogP contribution in [0.15, 0.2) is 58.6 Å². The van der Waals surface area contributed by atoms with E-state index in [0.29, 0.717) is 53.3 Å². The van der Waals surface area contributed by atoms with E-state index in [4.69, 9.17) is 18.7 Å². The number of aliphatic hydroxyl groups is 1. The number of amides is 1. The van der Waals surface area contributed by atoms with Crippen molar-refractivity contribution >= 4 is 23.3 Å². The van der Waals surface area contributed by atoms with Crippen LogP contribution >= 0.6 is 0 Å². The van der Waals surface area contributed by atoms with Crippen LogP contribution < -0.4 is 19.1 Å². The second-order valence-electron chi connectivity index (χ2n) is 9.78. The molecule has 3 aromatic rings. The van der Waals surface area contributed by atoms with Gasteiger partial charge in [0.2, 0.25) is 0 Å². The third kappa shape index (κ3) is 5.92. The molecule has 2 aromatic carbocycles. The standard InChI is InChI=1S/C30H34N2O7/c1-6-14-37-22-10-7-20(8-11-22)28(33)26-27(32(30(35)29(26)34)25-16-19(4)39-31-25)21-9-12-23(24(17-21)36-5)38-15-13-18(2)3/h7-12,16-18,27,33H,6,13-15H2,1-5H3/t27-/m0/s1. The number of Topliss-reactive ketones (excluding diaryl/α,β-unsaturated/α-hetero) is 1. The number of carbonyl (C=O) groups excluding carboxylic acids is 2. The maximum Gasteiger partial charge on any atom is 0.301 e. The van der Waals surface area contributed by atoms with Crippen LogP contribution in [0.3, 0.4) is 0 Å². The van der Waals surface area contributed by atoms with Crippen LogP contribution in [0.1, 0.15) is 56.5 Å². The summed E-state index contributed by atoms with van der Waals surface area (Å²) >= 11 is 0. The van der Waals surface area contributed by atoms with Crippen LogP contribution in [-0.2, 0) is 9.59 Å². The van der Waals surface area contributed by atoms with Gasteiger partial charge in [-0.3, -0.25) is 14.5 Å². The van der Waals surface area contributed by atoms with Crippen molar-refractivity contribution in [3.05, 3.63) is 71.0 Å². The van der Waals surface area contributed by atoms with E-state index in [9.17, 15) is 14.7 Å². The topological polar surface area (TPSA) is 111 Å². The highest BCUT2D eigenvalue weighted by atomic mass is 16.5. The molecule has 1 saturated heterocycles. The van der Waals surface area contributed by atoms with Crippen molar-refractivity contribution in [1.82, 2.24) is 5.16 Å². The molecule has 1 atom stereocenters. The maximum atomic E-state index is 13.4. The van der Waals surface area contributed by atoms with Crippen molar-refractivity contribution in [2.24, 2.45) is 5.92 Å². The van der Waals surface area contributed by atoms with Gasteiger partial charge >= 0.3 is 5.91 Å². The van der Waals surface area contributed by atoms with Gasteiger partial charge in [-0.2, -0.15) is 0 Å². The van der Waals surface area contributed by atoms with Crippen molar-refractivity contribution in [2.45, 2.75) is 46.6 Å². The van der Waals surface area contributed by atoms with Gasteiger partial charge in [0.15, 0.2) is 17.3 Å². The Morgan fingerprint density at radius 1 is 1.05 bits per heavy atom. The van der Waals surface area contributed by atoms with Gasteiger partial charge in [-0.25, -0.2) is 0 Å². The minimum Gasteiger partial charge on any atom is -0.507 e. The summed E-state index contributed by atoms with van der Waals surface area (Å²) in [5.41, 5.74) is 0.838. The molecule has 0 radical (unpaired) electrons. The quantitative estimate of drug-likeness (QED) is 0.186. The Balaban J connectivity index is 1.80. The predicted octanol–water partition coefficient (Wildman–Crippen LogP) is 5.83. The van der Waals surface area contributed by atoms with Crippen molar-refractivity contribution < 1.29 is 33.4 Å². The molecule has 1 N–H and O–H groups in total. The lowest BCUT2D eigenvalue weighted by atomic mass is 9.95. The smallest absolute Gasteiger partial charge is 0.301 e. The minimum atomic E-state index is -0.982. The van der Waals surface area contributed by atoms with Crippen LogP contribution in [0.4, 0.5) is 5.82 Å². The molecule has 1 fully saturated rings. The summed E-state index contributed by atoms with van der Waals surface area (Å²) in [7, 11) is 1.52. The first-order valence-corrected chi connectivity index (χ1v) is 13.0. The number of carbonyl (C=O) groups is 2. The van der Waals surface area contributed by atoms with Gasteiger partial charge in [0.25, 0.3) is 5.78 Å². The predicted molar refractivity (Wildman–Crippen MR) is 146 cm³/mol. The fourth-order valence-corrected chi connectivity index (χ4v) is 4.31. The Hall–Kier alpha value is -4.27.